The minimum absolute atomic E-state index is 0.0116. The summed E-state index contributed by atoms with van der Waals surface area (Å²) in [6.45, 7) is 4.64. The fourth-order valence-corrected chi connectivity index (χ4v) is 5.00. The van der Waals surface area contributed by atoms with Gasteiger partial charge in [-0.25, -0.2) is 0 Å². The van der Waals surface area contributed by atoms with Crippen molar-refractivity contribution < 1.29 is 14.3 Å². The SMILES string of the molecule is Cc1ccsc1[C@H]1SCC(=O)N1CC(=O)N1CCOCC1. The van der Waals surface area contributed by atoms with Gasteiger partial charge < -0.3 is 14.5 Å². The van der Waals surface area contributed by atoms with E-state index in [1.165, 1.54) is 10.4 Å². The fourth-order valence-electron chi connectivity index (χ4n) is 2.54. The molecule has 0 spiro atoms. The highest BCUT2D eigenvalue weighted by molar-refractivity contribution is 8.00. The number of amides is 2. The van der Waals surface area contributed by atoms with E-state index < -0.39 is 0 Å². The fraction of sp³-hybridized carbons (Fsp3) is 0.571. The van der Waals surface area contributed by atoms with Crippen LogP contribution >= 0.6 is 23.1 Å². The number of carbonyl (C=O) groups is 2. The standard InChI is InChI=1S/C14H18N2O3S2/c1-10-2-7-20-13(10)14-16(12(18)9-21-14)8-11(17)15-3-5-19-6-4-15/h2,7,14H,3-6,8-9H2,1H3/t14-/m1/s1. The molecule has 1 atom stereocenters. The summed E-state index contributed by atoms with van der Waals surface area (Å²) in [5, 5.41) is 2.03. The molecule has 114 valence electrons. The molecule has 2 saturated heterocycles. The van der Waals surface area contributed by atoms with E-state index in [4.69, 9.17) is 4.74 Å². The lowest BCUT2D eigenvalue weighted by Crippen LogP contribution is -2.46. The second-order valence-electron chi connectivity index (χ2n) is 5.15. The Balaban J connectivity index is 1.71. The molecule has 2 aliphatic rings. The smallest absolute Gasteiger partial charge is 0.242 e. The number of nitrogens with zero attached hydrogens (tertiary/aromatic N) is 2. The van der Waals surface area contributed by atoms with Crippen LogP contribution in [0.5, 0.6) is 0 Å². The third-order valence-corrected chi connectivity index (χ3v) is 6.20. The molecule has 3 heterocycles. The summed E-state index contributed by atoms with van der Waals surface area (Å²) in [7, 11) is 0. The summed E-state index contributed by atoms with van der Waals surface area (Å²) < 4.78 is 5.26. The Morgan fingerprint density at radius 3 is 2.86 bits per heavy atom. The first-order valence-electron chi connectivity index (χ1n) is 6.97. The van der Waals surface area contributed by atoms with Crippen molar-refractivity contribution in [2.45, 2.75) is 12.3 Å². The van der Waals surface area contributed by atoms with Crippen molar-refractivity contribution in [3.8, 4) is 0 Å². The van der Waals surface area contributed by atoms with Crippen LogP contribution in [0, 0.1) is 6.92 Å². The van der Waals surface area contributed by atoms with Crippen LogP contribution in [-0.2, 0) is 14.3 Å². The average Bonchev–Trinajstić information content (AvgIpc) is 3.07. The lowest BCUT2D eigenvalue weighted by atomic mass is 10.2. The number of hydrogen-bond acceptors (Lipinski definition) is 5. The highest BCUT2D eigenvalue weighted by Gasteiger charge is 2.36. The van der Waals surface area contributed by atoms with E-state index in [-0.39, 0.29) is 23.7 Å². The highest BCUT2D eigenvalue weighted by atomic mass is 32.2. The van der Waals surface area contributed by atoms with Crippen LogP contribution in [0.2, 0.25) is 0 Å². The van der Waals surface area contributed by atoms with Crippen molar-refractivity contribution in [2.24, 2.45) is 0 Å². The van der Waals surface area contributed by atoms with Gasteiger partial charge in [0.15, 0.2) is 0 Å². The average molecular weight is 326 g/mol. The van der Waals surface area contributed by atoms with Crippen LogP contribution in [0.4, 0.5) is 0 Å². The van der Waals surface area contributed by atoms with Gasteiger partial charge in [-0.1, -0.05) is 0 Å². The summed E-state index contributed by atoms with van der Waals surface area (Å²) in [6.07, 6.45) is 0. The van der Waals surface area contributed by atoms with Crippen molar-refractivity contribution in [1.29, 1.82) is 0 Å². The molecule has 0 radical (unpaired) electrons. The maximum atomic E-state index is 12.4. The molecule has 0 aromatic carbocycles. The predicted octanol–water partition coefficient (Wildman–Crippen LogP) is 1.49. The number of ether oxygens (including phenoxy) is 1. The van der Waals surface area contributed by atoms with Gasteiger partial charge in [0.25, 0.3) is 0 Å². The molecule has 5 nitrogen and oxygen atoms in total. The first-order chi connectivity index (χ1) is 10.2. The molecule has 0 saturated carbocycles. The summed E-state index contributed by atoms with van der Waals surface area (Å²) in [6, 6.07) is 2.06. The topological polar surface area (TPSA) is 49.9 Å². The van der Waals surface area contributed by atoms with E-state index in [0.717, 1.165) is 0 Å². The molecule has 7 heteroatoms. The molecule has 2 aliphatic heterocycles. The molecule has 21 heavy (non-hydrogen) atoms. The van der Waals surface area contributed by atoms with Crippen LogP contribution < -0.4 is 0 Å². The van der Waals surface area contributed by atoms with E-state index in [1.807, 2.05) is 5.38 Å². The summed E-state index contributed by atoms with van der Waals surface area (Å²) in [4.78, 5) is 29.2. The molecular weight excluding hydrogens is 308 g/mol. The van der Waals surface area contributed by atoms with Gasteiger partial charge in [0.1, 0.15) is 11.9 Å². The molecule has 0 aliphatic carbocycles. The first kappa shape index (κ1) is 14.9. The van der Waals surface area contributed by atoms with Crippen molar-refractivity contribution in [2.75, 3.05) is 38.6 Å². The Hall–Kier alpha value is -1.05. The Bertz CT molecular complexity index is 540. The minimum atomic E-state index is -0.0116. The number of thioether (sulfide) groups is 1. The first-order valence-corrected chi connectivity index (χ1v) is 8.90. The zero-order valence-electron chi connectivity index (χ0n) is 11.9. The largest absolute Gasteiger partial charge is 0.378 e. The van der Waals surface area contributed by atoms with Crippen molar-refractivity contribution in [3.05, 3.63) is 21.9 Å². The quantitative estimate of drug-likeness (QED) is 0.844. The molecule has 2 fully saturated rings. The van der Waals surface area contributed by atoms with Crippen LogP contribution in [-0.4, -0.2) is 60.2 Å². The molecule has 0 bridgehead atoms. The molecule has 0 N–H and O–H groups in total. The monoisotopic (exact) mass is 326 g/mol. The van der Waals surface area contributed by atoms with Crippen LogP contribution in [0.3, 0.4) is 0 Å². The zero-order valence-corrected chi connectivity index (χ0v) is 13.5. The van der Waals surface area contributed by atoms with Crippen molar-refractivity contribution >= 4 is 34.9 Å². The Kier molecular flexibility index (Phi) is 4.51. The number of rotatable bonds is 3. The van der Waals surface area contributed by atoms with Gasteiger partial charge in [-0.2, -0.15) is 0 Å². The van der Waals surface area contributed by atoms with Crippen LogP contribution in [0.25, 0.3) is 0 Å². The van der Waals surface area contributed by atoms with Crippen molar-refractivity contribution in [3.63, 3.8) is 0 Å². The molecule has 2 amide bonds. The van der Waals surface area contributed by atoms with E-state index in [0.29, 0.717) is 32.1 Å². The lowest BCUT2D eigenvalue weighted by molar-refractivity contribution is -0.141. The van der Waals surface area contributed by atoms with Crippen LogP contribution in [0.1, 0.15) is 15.8 Å². The third-order valence-electron chi connectivity index (χ3n) is 3.76. The Morgan fingerprint density at radius 2 is 2.19 bits per heavy atom. The maximum Gasteiger partial charge on any atom is 0.242 e. The number of carbonyl (C=O) groups excluding carboxylic acids is 2. The molecule has 3 rings (SSSR count). The second kappa shape index (κ2) is 6.37. The number of thiophene rings is 1. The normalized spacial score (nSPS) is 22.9. The van der Waals surface area contributed by atoms with E-state index >= 15 is 0 Å². The maximum absolute atomic E-state index is 12.4. The van der Waals surface area contributed by atoms with E-state index in [9.17, 15) is 9.59 Å². The van der Waals surface area contributed by atoms with Gasteiger partial charge in [0.2, 0.25) is 11.8 Å². The predicted molar refractivity (Wildman–Crippen MR) is 83.4 cm³/mol. The third kappa shape index (κ3) is 3.09. The molecular formula is C14H18N2O3S2. The Morgan fingerprint density at radius 1 is 1.43 bits per heavy atom. The summed E-state index contributed by atoms with van der Waals surface area (Å²) >= 11 is 3.27. The highest BCUT2D eigenvalue weighted by Crippen LogP contribution is 2.42. The molecule has 0 unspecified atom stereocenters. The number of morpholine rings is 1. The molecule has 1 aromatic rings. The minimum Gasteiger partial charge on any atom is -0.378 e. The Labute approximate surface area is 132 Å². The van der Waals surface area contributed by atoms with Gasteiger partial charge in [-0.3, -0.25) is 9.59 Å². The van der Waals surface area contributed by atoms with Gasteiger partial charge in [-0.15, -0.1) is 23.1 Å². The summed E-state index contributed by atoms with van der Waals surface area (Å²) in [5.74, 6) is 0.533. The van der Waals surface area contributed by atoms with Gasteiger partial charge in [0, 0.05) is 18.0 Å². The number of hydrogen-bond donors (Lipinski definition) is 0. The van der Waals surface area contributed by atoms with Gasteiger partial charge in [0.05, 0.1) is 19.0 Å². The number of aryl methyl sites for hydroxylation is 1. The van der Waals surface area contributed by atoms with Gasteiger partial charge in [-0.05, 0) is 23.9 Å². The van der Waals surface area contributed by atoms with Gasteiger partial charge >= 0.3 is 0 Å². The van der Waals surface area contributed by atoms with E-state index in [1.54, 1.807) is 32.9 Å². The lowest BCUT2D eigenvalue weighted by Gasteiger charge is -2.30. The van der Waals surface area contributed by atoms with E-state index in [2.05, 4.69) is 13.0 Å². The summed E-state index contributed by atoms with van der Waals surface area (Å²) in [5.41, 5.74) is 1.19. The zero-order chi connectivity index (χ0) is 14.8. The second-order valence-corrected chi connectivity index (χ2v) is 7.16. The van der Waals surface area contributed by atoms with Crippen LogP contribution in [0.15, 0.2) is 11.4 Å². The molecule has 1 aromatic heterocycles. The van der Waals surface area contributed by atoms with Crippen molar-refractivity contribution in [1.82, 2.24) is 9.80 Å².